The molecule has 0 aromatic rings. The molecule has 14 aliphatic carbocycles. The van der Waals surface area contributed by atoms with E-state index in [0.717, 1.165) is 5.41 Å². The zero-order chi connectivity index (χ0) is 17.3. The van der Waals surface area contributed by atoms with Gasteiger partial charge >= 0.3 is 0 Å². The molecule has 0 N–H and O–H groups in total. The zero-order valence-corrected chi connectivity index (χ0v) is 17.3. The Morgan fingerprint density at radius 2 is 1.25 bits per heavy atom. The molecule has 0 aromatic carbocycles. The summed E-state index contributed by atoms with van der Waals surface area (Å²) in [6.07, 6.45) is 15.6. The van der Waals surface area contributed by atoms with Crippen LogP contribution in [0.2, 0.25) is 0 Å². The van der Waals surface area contributed by atoms with Crippen LogP contribution in [0.3, 0.4) is 0 Å². The average molecular weight is 373 g/mol. The van der Waals surface area contributed by atoms with Crippen LogP contribution in [-0.4, -0.2) is 0 Å². The Kier molecular flexibility index (Phi) is 1.94. The van der Waals surface area contributed by atoms with E-state index in [0.29, 0.717) is 0 Å². The van der Waals surface area contributed by atoms with Gasteiger partial charge in [0, 0.05) is 0 Å². The highest BCUT2D eigenvalue weighted by Crippen LogP contribution is 2.88. The van der Waals surface area contributed by atoms with Gasteiger partial charge in [0.25, 0.3) is 0 Å². The largest absolute Gasteiger partial charge is 0.0473 e. The van der Waals surface area contributed by atoms with E-state index < -0.39 is 0 Å². The van der Waals surface area contributed by atoms with Gasteiger partial charge < -0.3 is 0 Å². The Hall–Kier alpha value is 0. The van der Waals surface area contributed by atoms with E-state index in [-0.39, 0.29) is 0 Å². The first-order valence-electron chi connectivity index (χ1n) is 13.8. The van der Waals surface area contributed by atoms with E-state index in [2.05, 4.69) is 0 Å². The first-order chi connectivity index (χ1) is 13.8. The van der Waals surface area contributed by atoms with Crippen molar-refractivity contribution < 1.29 is 0 Å². The van der Waals surface area contributed by atoms with E-state index in [1.54, 1.807) is 57.8 Å². The van der Waals surface area contributed by atoms with Gasteiger partial charge in [0.2, 0.25) is 0 Å². The van der Waals surface area contributed by atoms with Crippen molar-refractivity contribution in [2.45, 2.75) is 57.8 Å². The van der Waals surface area contributed by atoms with Crippen LogP contribution in [0.25, 0.3) is 0 Å². The molecule has 0 heteroatoms. The minimum atomic E-state index is 0.885. The Balaban J connectivity index is 1.24. The van der Waals surface area contributed by atoms with Crippen LogP contribution in [0.15, 0.2) is 0 Å². The second kappa shape index (κ2) is 3.83. The van der Waals surface area contributed by atoms with Gasteiger partial charge in [0.05, 0.1) is 0 Å². The Bertz CT molecular complexity index is 841. The lowest BCUT2D eigenvalue weighted by molar-refractivity contribution is -0.109. The van der Waals surface area contributed by atoms with E-state index in [4.69, 9.17) is 0 Å². The zero-order valence-electron chi connectivity index (χ0n) is 17.3. The van der Waals surface area contributed by atoms with E-state index in [9.17, 15) is 0 Å². The first kappa shape index (κ1) is 14.1. The lowest BCUT2D eigenvalue weighted by Gasteiger charge is -2.59. The molecule has 19 atom stereocenters. The van der Waals surface area contributed by atoms with Gasteiger partial charge in [-0.3, -0.25) is 0 Å². The molecule has 15 bridgehead atoms. The minimum Gasteiger partial charge on any atom is -0.0473 e. The van der Waals surface area contributed by atoms with Gasteiger partial charge in [-0.1, -0.05) is 0 Å². The summed E-state index contributed by atoms with van der Waals surface area (Å²) in [5.41, 5.74) is 0.885. The SMILES string of the molecule is C1C2CC3C4CC5C6C7CC8C9C%10CC7CC7(CC%10C6C89)C(CC14)C(C2)C3C57. The molecule has 0 nitrogen and oxygen atoms in total. The summed E-state index contributed by atoms with van der Waals surface area (Å²) in [5.74, 6) is 22.2. The van der Waals surface area contributed by atoms with Crippen molar-refractivity contribution in [1.29, 1.82) is 0 Å². The van der Waals surface area contributed by atoms with Crippen LogP contribution in [0.5, 0.6) is 0 Å². The van der Waals surface area contributed by atoms with Crippen LogP contribution < -0.4 is 0 Å². The van der Waals surface area contributed by atoms with Crippen LogP contribution in [0.4, 0.5) is 0 Å². The number of rotatable bonds is 0. The second-order valence-electron chi connectivity index (χ2n) is 15.0. The van der Waals surface area contributed by atoms with Crippen molar-refractivity contribution in [3.63, 3.8) is 0 Å². The molecular weight excluding hydrogens is 336 g/mol. The Morgan fingerprint density at radius 1 is 0.429 bits per heavy atom. The van der Waals surface area contributed by atoms with Crippen molar-refractivity contribution in [3.8, 4) is 0 Å². The smallest absolute Gasteiger partial charge is 0.0227 e. The monoisotopic (exact) mass is 372 g/mol. The summed E-state index contributed by atoms with van der Waals surface area (Å²) >= 11 is 0. The summed E-state index contributed by atoms with van der Waals surface area (Å²) in [7, 11) is 0. The van der Waals surface area contributed by atoms with Crippen molar-refractivity contribution >= 4 is 0 Å². The van der Waals surface area contributed by atoms with Crippen LogP contribution in [0.1, 0.15) is 57.8 Å². The molecule has 0 saturated heterocycles. The van der Waals surface area contributed by atoms with Gasteiger partial charge in [-0.25, -0.2) is 0 Å². The molecule has 28 heavy (non-hydrogen) atoms. The molecule has 148 valence electrons. The summed E-state index contributed by atoms with van der Waals surface area (Å²) in [4.78, 5) is 0. The summed E-state index contributed by atoms with van der Waals surface area (Å²) in [5, 5.41) is 0. The molecule has 14 rings (SSSR count). The molecule has 0 heterocycles. The third-order valence-corrected chi connectivity index (χ3v) is 15.6. The van der Waals surface area contributed by atoms with Crippen LogP contribution in [-0.2, 0) is 0 Å². The maximum atomic E-state index is 1.79. The van der Waals surface area contributed by atoms with Gasteiger partial charge in [0.1, 0.15) is 0 Å². The highest BCUT2D eigenvalue weighted by molar-refractivity contribution is 5.30. The predicted octanol–water partition coefficient (Wildman–Crippen LogP) is 5.72. The minimum absolute atomic E-state index is 0.885. The standard InChI is InChI=1S/C28H36/c1-10-2-15-13-6-19-22-14-7-18-23-16-4-12(14)8-28(9-20(16)26(22)25(18)23)21(5-11(1)13)17(3-10)24(15)27(19)28/h10-27H,1-9H2. The number of hydrogen-bond acceptors (Lipinski definition) is 0. The van der Waals surface area contributed by atoms with Crippen LogP contribution >= 0.6 is 0 Å². The summed E-state index contributed by atoms with van der Waals surface area (Å²) in [6, 6.07) is 0. The van der Waals surface area contributed by atoms with Crippen molar-refractivity contribution in [1.82, 2.24) is 0 Å². The topological polar surface area (TPSA) is 0 Å². The van der Waals surface area contributed by atoms with E-state index >= 15 is 0 Å². The van der Waals surface area contributed by atoms with Gasteiger partial charge in [0.15, 0.2) is 0 Å². The highest BCUT2D eigenvalue weighted by Gasteiger charge is 2.82. The molecular formula is C28H36. The van der Waals surface area contributed by atoms with Crippen molar-refractivity contribution in [2.24, 2.45) is 112 Å². The van der Waals surface area contributed by atoms with Gasteiger partial charge in [-0.05, 0) is 170 Å². The summed E-state index contributed by atoms with van der Waals surface area (Å²) < 4.78 is 0. The molecule has 14 fully saturated rings. The molecule has 14 saturated carbocycles. The third-order valence-electron chi connectivity index (χ3n) is 15.6. The molecule has 19 unspecified atom stereocenters. The second-order valence-corrected chi connectivity index (χ2v) is 15.0. The predicted molar refractivity (Wildman–Crippen MR) is 107 cm³/mol. The quantitative estimate of drug-likeness (QED) is 0.510. The van der Waals surface area contributed by atoms with Gasteiger partial charge in [-0.2, -0.15) is 0 Å². The molecule has 14 aliphatic rings. The van der Waals surface area contributed by atoms with E-state index in [1.807, 2.05) is 0 Å². The lowest BCUT2D eigenvalue weighted by Crippen LogP contribution is -2.53. The fourth-order valence-electron chi connectivity index (χ4n) is 16.2. The Morgan fingerprint density at radius 3 is 2.25 bits per heavy atom. The maximum Gasteiger partial charge on any atom is -0.0227 e. The van der Waals surface area contributed by atoms with Crippen LogP contribution in [0, 0.1) is 112 Å². The normalized spacial score (nSPS) is 84.0. The fraction of sp³-hybridized carbons (Fsp3) is 1.00. The summed E-state index contributed by atoms with van der Waals surface area (Å²) in [6.45, 7) is 0. The highest BCUT2D eigenvalue weighted by atomic mass is 14.9. The molecule has 0 aromatic heterocycles. The third kappa shape index (κ3) is 1.13. The van der Waals surface area contributed by atoms with E-state index in [1.165, 1.54) is 107 Å². The van der Waals surface area contributed by atoms with Gasteiger partial charge in [-0.15, -0.1) is 0 Å². The first-order valence-corrected chi connectivity index (χ1v) is 13.8. The number of hydrogen-bond donors (Lipinski definition) is 0. The molecule has 1 spiro atoms. The molecule has 0 amide bonds. The Labute approximate surface area is 170 Å². The molecule has 0 aliphatic heterocycles. The van der Waals surface area contributed by atoms with Crippen molar-refractivity contribution in [3.05, 3.63) is 0 Å². The fourth-order valence-corrected chi connectivity index (χ4v) is 16.2. The lowest BCUT2D eigenvalue weighted by atomic mass is 9.46. The maximum absolute atomic E-state index is 1.79. The molecule has 0 radical (unpaired) electrons. The average Bonchev–Trinajstić information content (AvgIpc) is 3.41. The van der Waals surface area contributed by atoms with Crippen molar-refractivity contribution in [2.75, 3.05) is 0 Å².